The molecule has 2 aromatic carbocycles. The fraction of sp³-hybridized carbons (Fsp3) is 0.360. The minimum atomic E-state index is -3.34. The highest BCUT2D eigenvalue weighted by Crippen LogP contribution is 2.45. The molecule has 212 valence electrons. The van der Waals surface area contributed by atoms with Crippen LogP contribution in [0.1, 0.15) is 26.5 Å². The van der Waals surface area contributed by atoms with Gasteiger partial charge >= 0.3 is 14.5 Å². The lowest BCUT2D eigenvalue weighted by atomic mass is 10.1. The van der Waals surface area contributed by atoms with Gasteiger partial charge in [0.25, 0.3) is 11.5 Å². The van der Waals surface area contributed by atoms with Crippen molar-refractivity contribution >= 4 is 42.4 Å². The number of carbonyl (C=O) groups is 1. The van der Waals surface area contributed by atoms with E-state index < -0.39 is 44.7 Å². The SMILES string of the molecule is CC(C)OC(=O)CNP(OCC1CC(F)(F)C(n2cnc3c(=O)[nH]c(N)nc32)O1)Oc1ccc2ccccc2c1. The average Bonchev–Trinajstić information content (AvgIpc) is 3.44. The molecule has 4 N–H and O–H groups in total. The number of alkyl halides is 2. The number of imidazole rings is 1. The van der Waals surface area contributed by atoms with Crippen LogP contribution >= 0.6 is 8.53 Å². The highest BCUT2D eigenvalue weighted by molar-refractivity contribution is 7.45. The smallest absolute Gasteiger partial charge is 0.320 e. The number of nitrogens with one attached hydrogen (secondary N) is 2. The van der Waals surface area contributed by atoms with Crippen molar-refractivity contribution in [1.29, 1.82) is 0 Å². The Kier molecular flexibility index (Phi) is 7.95. The number of nitrogens with zero attached hydrogens (tertiary/aromatic N) is 3. The van der Waals surface area contributed by atoms with Gasteiger partial charge in [-0.25, -0.2) is 18.9 Å². The lowest BCUT2D eigenvalue weighted by Gasteiger charge is -2.21. The summed E-state index contributed by atoms with van der Waals surface area (Å²) in [7, 11) is -1.96. The molecule has 4 aromatic rings. The number of rotatable bonds is 10. The van der Waals surface area contributed by atoms with E-state index in [2.05, 4.69) is 20.0 Å². The van der Waals surface area contributed by atoms with Crippen molar-refractivity contribution in [2.75, 3.05) is 18.9 Å². The van der Waals surface area contributed by atoms with Crippen molar-refractivity contribution in [3.05, 3.63) is 59.1 Å². The number of anilines is 1. The van der Waals surface area contributed by atoms with Crippen molar-refractivity contribution in [2.45, 2.75) is 44.6 Å². The highest BCUT2D eigenvalue weighted by atomic mass is 31.2. The molecule has 0 radical (unpaired) electrons. The number of carbonyl (C=O) groups excluding carboxylic acids is 1. The Morgan fingerprint density at radius 2 is 2.08 bits per heavy atom. The lowest BCUT2D eigenvalue weighted by molar-refractivity contribution is -0.145. The number of halogens is 2. The molecule has 3 unspecified atom stereocenters. The van der Waals surface area contributed by atoms with Crippen LogP contribution in [0, 0.1) is 0 Å². The molecule has 1 saturated heterocycles. The molecule has 1 fully saturated rings. The molecular formula is C25H27F2N6O6P. The van der Waals surface area contributed by atoms with Crippen LogP contribution in [0.25, 0.3) is 21.9 Å². The molecule has 1 aliphatic heterocycles. The predicted molar refractivity (Wildman–Crippen MR) is 143 cm³/mol. The lowest BCUT2D eigenvalue weighted by Crippen LogP contribution is -2.26. The van der Waals surface area contributed by atoms with Gasteiger partial charge in [0.1, 0.15) is 12.3 Å². The molecule has 3 atom stereocenters. The number of H-pyrrole nitrogens is 1. The van der Waals surface area contributed by atoms with Gasteiger partial charge in [0.2, 0.25) is 12.2 Å². The third-order valence-corrected chi connectivity index (χ3v) is 7.07. The van der Waals surface area contributed by atoms with Crippen LogP contribution in [0.15, 0.2) is 53.6 Å². The predicted octanol–water partition coefficient (Wildman–Crippen LogP) is 3.64. The molecule has 15 heteroatoms. The summed E-state index contributed by atoms with van der Waals surface area (Å²) in [5, 5.41) is 4.80. The van der Waals surface area contributed by atoms with Crippen LogP contribution in [0.2, 0.25) is 0 Å². The normalized spacial score (nSPS) is 19.3. The second-order valence-corrected chi connectivity index (χ2v) is 10.6. The molecule has 5 rings (SSSR count). The van der Waals surface area contributed by atoms with Crippen LogP contribution in [0.3, 0.4) is 0 Å². The maximum absolute atomic E-state index is 15.1. The maximum atomic E-state index is 15.1. The monoisotopic (exact) mass is 576 g/mol. The number of hydrogen-bond acceptors (Lipinski definition) is 10. The van der Waals surface area contributed by atoms with Crippen molar-refractivity contribution < 1.29 is 32.1 Å². The van der Waals surface area contributed by atoms with Gasteiger partial charge in [0, 0.05) is 6.42 Å². The summed E-state index contributed by atoms with van der Waals surface area (Å²) in [5.74, 6) is -3.63. The van der Waals surface area contributed by atoms with Gasteiger partial charge in [-0.05, 0) is 36.8 Å². The van der Waals surface area contributed by atoms with E-state index in [-0.39, 0.29) is 36.4 Å². The maximum Gasteiger partial charge on any atom is 0.320 e. The second kappa shape index (κ2) is 11.4. The van der Waals surface area contributed by atoms with E-state index in [0.29, 0.717) is 5.75 Å². The average molecular weight is 576 g/mol. The summed E-state index contributed by atoms with van der Waals surface area (Å²) >= 11 is 0. The highest BCUT2D eigenvalue weighted by Gasteiger charge is 2.52. The molecule has 0 amide bonds. The molecule has 1 aliphatic rings. The minimum Gasteiger partial charge on any atom is -0.462 e. The fourth-order valence-electron chi connectivity index (χ4n) is 4.22. The Balaban J connectivity index is 1.30. The number of aromatic amines is 1. The summed E-state index contributed by atoms with van der Waals surface area (Å²) < 4.78 is 53.7. The zero-order valence-electron chi connectivity index (χ0n) is 21.5. The molecule has 40 heavy (non-hydrogen) atoms. The second-order valence-electron chi connectivity index (χ2n) is 9.38. The number of nitrogens with two attached hydrogens (primary N) is 1. The Morgan fingerprint density at radius 3 is 2.85 bits per heavy atom. The number of ether oxygens (including phenoxy) is 2. The Hall–Kier alpha value is -3.71. The van der Waals surface area contributed by atoms with Gasteiger partial charge in [-0.1, -0.05) is 30.3 Å². The number of hydrogen-bond donors (Lipinski definition) is 3. The summed E-state index contributed by atoms with van der Waals surface area (Å²) in [6, 6.07) is 13.1. The third-order valence-electron chi connectivity index (χ3n) is 5.89. The van der Waals surface area contributed by atoms with Crippen molar-refractivity contribution in [1.82, 2.24) is 24.6 Å². The first-order chi connectivity index (χ1) is 19.1. The molecule has 3 heterocycles. The zero-order chi connectivity index (χ0) is 28.4. The Morgan fingerprint density at radius 1 is 1.30 bits per heavy atom. The number of aromatic nitrogens is 4. The molecule has 0 bridgehead atoms. The van der Waals surface area contributed by atoms with Crippen LogP contribution < -0.4 is 20.9 Å². The van der Waals surface area contributed by atoms with Gasteiger partial charge in [-0.15, -0.1) is 0 Å². The van der Waals surface area contributed by atoms with E-state index in [1.54, 1.807) is 19.9 Å². The fourth-order valence-corrected chi connectivity index (χ4v) is 5.30. The number of nitrogen functional groups attached to an aromatic ring is 1. The molecule has 0 aliphatic carbocycles. The topological polar surface area (TPSA) is 156 Å². The van der Waals surface area contributed by atoms with Gasteiger partial charge < -0.3 is 24.3 Å². The van der Waals surface area contributed by atoms with Gasteiger partial charge in [-0.3, -0.25) is 19.1 Å². The van der Waals surface area contributed by atoms with Crippen LogP contribution in [-0.4, -0.2) is 56.8 Å². The number of esters is 1. The van der Waals surface area contributed by atoms with E-state index in [4.69, 9.17) is 24.3 Å². The first-order valence-electron chi connectivity index (χ1n) is 12.4. The summed E-state index contributed by atoms with van der Waals surface area (Å²) in [6.45, 7) is 2.95. The quantitative estimate of drug-likeness (QED) is 0.188. The van der Waals surface area contributed by atoms with Gasteiger partial charge in [0.15, 0.2) is 11.2 Å². The standard InChI is InChI=1S/C25H27F2N6O6P/c1-14(2)37-19(34)11-30-40(39-17-8-7-15-5-3-4-6-16(15)9-17)36-12-18-10-25(26,27)23(38-18)33-13-29-20-21(33)31-24(28)32-22(20)35/h3-9,13-14,18,23,30H,10-12H2,1-2H3,(H3,28,31,32,35). The minimum absolute atomic E-state index is 0.125. The van der Waals surface area contributed by atoms with Gasteiger partial charge in [-0.2, -0.15) is 4.98 Å². The van der Waals surface area contributed by atoms with E-state index in [1.165, 1.54) is 0 Å². The van der Waals surface area contributed by atoms with Crippen molar-refractivity contribution in [3.8, 4) is 5.75 Å². The van der Waals surface area contributed by atoms with Crippen LogP contribution in [0.4, 0.5) is 14.7 Å². The first-order valence-corrected chi connectivity index (χ1v) is 13.6. The van der Waals surface area contributed by atoms with Crippen molar-refractivity contribution in [3.63, 3.8) is 0 Å². The molecule has 0 spiro atoms. The molecule has 0 saturated carbocycles. The Labute approximate surface area is 227 Å². The summed E-state index contributed by atoms with van der Waals surface area (Å²) in [5.41, 5.74) is 4.67. The summed E-state index contributed by atoms with van der Waals surface area (Å²) in [4.78, 5) is 34.3. The zero-order valence-corrected chi connectivity index (χ0v) is 22.4. The Bertz CT molecular complexity index is 1580. The van der Waals surface area contributed by atoms with Crippen LogP contribution in [-0.2, 0) is 18.8 Å². The molecular weight excluding hydrogens is 549 g/mol. The van der Waals surface area contributed by atoms with E-state index in [1.807, 2.05) is 36.4 Å². The van der Waals surface area contributed by atoms with E-state index in [0.717, 1.165) is 21.7 Å². The largest absolute Gasteiger partial charge is 0.462 e. The van der Waals surface area contributed by atoms with E-state index >= 15 is 8.78 Å². The molecule has 2 aromatic heterocycles. The first kappa shape index (κ1) is 27.8. The number of benzene rings is 2. The van der Waals surface area contributed by atoms with Gasteiger partial charge in [0.05, 0.1) is 25.1 Å². The summed E-state index contributed by atoms with van der Waals surface area (Å²) in [6.07, 6.45) is -2.77. The molecule has 12 nitrogen and oxygen atoms in total. The van der Waals surface area contributed by atoms with Crippen LogP contribution in [0.5, 0.6) is 5.75 Å². The van der Waals surface area contributed by atoms with Crippen molar-refractivity contribution in [2.24, 2.45) is 0 Å². The number of fused-ring (bicyclic) bond motifs is 2. The van der Waals surface area contributed by atoms with E-state index in [9.17, 15) is 9.59 Å². The third kappa shape index (κ3) is 6.20.